The Morgan fingerprint density at radius 3 is 2.50 bits per heavy atom. The predicted molar refractivity (Wildman–Crippen MR) is 61.8 cm³/mol. The van der Waals surface area contributed by atoms with E-state index >= 15 is 0 Å². The molecule has 0 saturated carbocycles. The van der Waals surface area contributed by atoms with Crippen LogP contribution in [0, 0.1) is 11.3 Å². The molecule has 1 heterocycles. The molecule has 90 valence electrons. The van der Waals surface area contributed by atoms with Crippen molar-refractivity contribution in [2.24, 2.45) is 0 Å². The summed E-state index contributed by atoms with van der Waals surface area (Å²) < 4.78 is 0. The molecule has 1 aliphatic heterocycles. The number of likely N-dealkylation sites (N-methyl/N-ethyl adjacent to an activating group) is 1. The molecule has 1 saturated heterocycles. The molecule has 0 bridgehead atoms. The van der Waals surface area contributed by atoms with Gasteiger partial charge in [-0.1, -0.05) is 6.92 Å². The van der Waals surface area contributed by atoms with Crippen molar-refractivity contribution in [2.75, 3.05) is 45.8 Å². The predicted octanol–water partition coefficient (Wildman–Crippen LogP) is -0.346. The fraction of sp³-hybridized carbons (Fsp3) is 0.818. The summed E-state index contributed by atoms with van der Waals surface area (Å²) in [6.07, 6.45) is -0.0381. The fourth-order valence-electron chi connectivity index (χ4n) is 1.82. The Hall–Kier alpha value is -1.12. The van der Waals surface area contributed by atoms with E-state index in [1.807, 2.05) is 6.07 Å². The number of nitrogens with one attached hydrogen (secondary N) is 1. The van der Waals surface area contributed by atoms with E-state index in [9.17, 15) is 4.79 Å². The van der Waals surface area contributed by atoms with E-state index in [1.54, 1.807) is 0 Å². The highest BCUT2D eigenvalue weighted by Gasteiger charge is 2.14. The Morgan fingerprint density at radius 1 is 1.31 bits per heavy atom. The van der Waals surface area contributed by atoms with Gasteiger partial charge in [-0.05, 0) is 6.54 Å². The Balaban J connectivity index is 2.07. The maximum atomic E-state index is 11.0. The van der Waals surface area contributed by atoms with Gasteiger partial charge in [-0.2, -0.15) is 5.26 Å². The second kappa shape index (κ2) is 7.20. The molecule has 0 aliphatic carbocycles. The number of nitriles is 1. The molecule has 1 aliphatic rings. The maximum Gasteiger partial charge on any atom is 0.234 e. The summed E-state index contributed by atoms with van der Waals surface area (Å²) in [5, 5.41) is 11.1. The van der Waals surface area contributed by atoms with Crippen LogP contribution in [0.1, 0.15) is 13.3 Å². The van der Waals surface area contributed by atoms with Crippen LogP contribution in [0.15, 0.2) is 0 Å². The van der Waals surface area contributed by atoms with Crippen molar-refractivity contribution < 1.29 is 4.79 Å². The van der Waals surface area contributed by atoms with Crippen LogP contribution in [0.2, 0.25) is 0 Å². The fourth-order valence-corrected chi connectivity index (χ4v) is 1.82. The number of hydrogen-bond donors (Lipinski definition) is 1. The van der Waals surface area contributed by atoms with Gasteiger partial charge >= 0.3 is 0 Å². The molecule has 1 rings (SSSR count). The minimum Gasteiger partial charge on any atom is -0.354 e. The van der Waals surface area contributed by atoms with Crippen LogP contribution >= 0.6 is 0 Å². The van der Waals surface area contributed by atoms with Gasteiger partial charge in [0.05, 0.1) is 6.07 Å². The highest BCUT2D eigenvalue weighted by molar-refractivity contribution is 5.77. The molecule has 5 heteroatoms. The maximum absolute atomic E-state index is 11.0. The van der Waals surface area contributed by atoms with Crippen molar-refractivity contribution in [1.82, 2.24) is 15.1 Å². The van der Waals surface area contributed by atoms with Gasteiger partial charge in [-0.25, -0.2) is 0 Å². The lowest BCUT2D eigenvalue weighted by atomic mass is 10.3. The van der Waals surface area contributed by atoms with Crippen LogP contribution in [0.25, 0.3) is 0 Å². The van der Waals surface area contributed by atoms with Crippen LogP contribution in [0.5, 0.6) is 0 Å². The Morgan fingerprint density at radius 2 is 1.94 bits per heavy atom. The van der Waals surface area contributed by atoms with Gasteiger partial charge in [-0.15, -0.1) is 0 Å². The van der Waals surface area contributed by atoms with Crippen molar-refractivity contribution >= 4 is 5.91 Å². The van der Waals surface area contributed by atoms with E-state index in [0.29, 0.717) is 6.54 Å². The van der Waals surface area contributed by atoms with Crippen LogP contribution in [-0.2, 0) is 4.79 Å². The Labute approximate surface area is 97.0 Å². The van der Waals surface area contributed by atoms with E-state index in [-0.39, 0.29) is 12.3 Å². The molecule has 0 unspecified atom stereocenters. The standard InChI is InChI=1S/C11H20N4O/c1-2-14-7-9-15(10-8-14)6-5-13-11(16)3-4-12/h2-3,5-10H2,1H3,(H,13,16). The van der Waals surface area contributed by atoms with Crippen molar-refractivity contribution in [3.05, 3.63) is 0 Å². The van der Waals surface area contributed by atoms with Crippen molar-refractivity contribution in [1.29, 1.82) is 5.26 Å². The van der Waals surface area contributed by atoms with Gasteiger partial charge in [-0.3, -0.25) is 9.69 Å². The third-order valence-electron chi connectivity index (χ3n) is 2.90. The average molecular weight is 224 g/mol. The molecule has 0 atom stereocenters. The van der Waals surface area contributed by atoms with Crippen molar-refractivity contribution in [3.8, 4) is 6.07 Å². The summed E-state index contributed by atoms with van der Waals surface area (Å²) in [4.78, 5) is 15.8. The summed E-state index contributed by atoms with van der Waals surface area (Å²) in [7, 11) is 0. The molecular weight excluding hydrogens is 204 g/mol. The zero-order chi connectivity index (χ0) is 11.8. The Kier molecular flexibility index (Phi) is 5.83. The minimum atomic E-state index is -0.172. The van der Waals surface area contributed by atoms with Gasteiger partial charge in [0.15, 0.2) is 0 Å². The molecule has 5 nitrogen and oxygen atoms in total. The normalized spacial score (nSPS) is 18.0. The first kappa shape index (κ1) is 12.9. The first-order valence-electron chi connectivity index (χ1n) is 5.84. The van der Waals surface area contributed by atoms with Crippen molar-refractivity contribution in [3.63, 3.8) is 0 Å². The van der Waals surface area contributed by atoms with E-state index in [4.69, 9.17) is 5.26 Å². The highest BCUT2D eigenvalue weighted by Crippen LogP contribution is 1.99. The number of hydrogen-bond acceptors (Lipinski definition) is 4. The van der Waals surface area contributed by atoms with E-state index in [2.05, 4.69) is 22.0 Å². The summed E-state index contributed by atoms with van der Waals surface area (Å²) >= 11 is 0. The van der Waals surface area contributed by atoms with E-state index in [0.717, 1.165) is 39.3 Å². The van der Waals surface area contributed by atoms with E-state index in [1.165, 1.54) is 0 Å². The number of carbonyl (C=O) groups is 1. The molecule has 1 amide bonds. The molecule has 0 aromatic carbocycles. The van der Waals surface area contributed by atoms with Crippen LogP contribution in [0.3, 0.4) is 0 Å². The topological polar surface area (TPSA) is 59.4 Å². The zero-order valence-corrected chi connectivity index (χ0v) is 9.91. The highest BCUT2D eigenvalue weighted by atomic mass is 16.1. The number of carbonyl (C=O) groups excluding carboxylic acids is 1. The first-order valence-corrected chi connectivity index (χ1v) is 5.84. The molecule has 0 aromatic rings. The monoisotopic (exact) mass is 224 g/mol. The van der Waals surface area contributed by atoms with Gasteiger partial charge in [0.1, 0.15) is 6.42 Å². The lowest BCUT2D eigenvalue weighted by Crippen LogP contribution is -2.48. The molecule has 16 heavy (non-hydrogen) atoms. The third-order valence-corrected chi connectivity index (χ3v) is 2.90. The quantitative estimate of drug-likeness (QED) is 0.693. The van der Waals surface area contributed by atoms with Crippen LogP contribution in [0.4, 0.5) is 0 Å². The van der Waals surface area contributed by atoms with Crippen LogP contribution in [-0.4, -0.2) is 61.5 Å². The van der Waals surface area contributed by atoms with Crippen LogP contribution < -0.4 is 5.32 Å². The Bertz CT molecular complexity index is 253. The first-order chi connectivity index (χ1) is 7.76. The molecule has 0 spiro atoms. The third kappa shape index (κ3) is 4.60. The average Bonchev–Trinajstić information content (AvgIpc) is 2.30. The zero-order valence-electron chi connectivity index (χ0n) is 9.91. The molecular formula is C11H20N4O. The number of piperazine rings is 1. The summed E-state index contributed by atoms with van der Waals surface area (Å²) in [6.45, 7) is 9.20. The lowest BCUT2D eigenvalue weighted by Gasteiger charge is -2.33. The van der Waals surface area contributed by atoms with Gasteiger partial charge in [0.2, 0.25) is 5.91 Å². The summed E-state index contributed by atoms with van der Waals surface area (Å²) in [5.74, 6) is -0.172. The lowest BCUT2D eigenvalue weighted by molar-refractivity contribution is -0.120. The van der Waals surface area contributed by atoms with Gasteiger partial charge in [0.25, 0.3) is 0 Å². The van der Waals surface area contributed by atoms with Gasteiger partial charge < -0.3 is 10.2 Å². The summed E-state index contributed by atoms with van der Waals surface area (Å²) in [5.41, 5.74) is 0. The van der Waals surface area contributed by atoms with E-state index < -0.39 is 0 Å². The molecule has 0 radical (unpaired) electrons. The van der Waals surface area contributed by atoms with Gasteiger partial charge in [0, 0.05) is 39.3 Å². The number of nitrogens with zero attached hydrogens (tertiary/aromatic N) is 3. The largest absolute Gasteiger partial charge is 0.354 e. The summed E-state index contributed by atoms with van der Waals surface area (Å²) in [6, 6.07) is 1.84. The molecule has 1 N–H and O–H groups in total. The van der Waals surface area contributed by atoms with Crippen molar-refractivity contribution in [2.45, 2.75) is 13.3 Å². The second-order valence-electron chi connectivity index (χ2n) is 3.96. The SMILES string of the molecule is CCN1CCN(CCNC(=O)CC#N)CC1. The minimum absolute atomic E-state index is 0.0381. The smallest absolute Gasteiger partial charge is 0.234 e. The number of amides is 1. The second-order valence-corrected chi connectivity index (χ2v) is 3.96. The molecule has 1 fully saturated rings. The number of rotatable bonds is 5. The molecule has 0 aromatic heterocycles.